The minimum atomic E-state index is -0.0547. The van der Waals surface area contributed by atoms with Crippen LogP contribution >= 0.6 is 10.7 Å². The van der Waals surface area contributed by atoms with Gasteiger partial charge in [-0.2, -0.15) is 5.10 Å². The molecule has 1 amide bonds. The van der Waals surface area contributed by atoms with Crippen molar-refractivity contribution in [3.8, 4) is 11.5 Å². The average molecular weight is 435 g/mol. The van der Waals surface area contributed by atoms with Gasteiger partial charge in [-0.25, -0.2) is 4.98 Å². The minimum absolute atomic E-state index is 0.0402. The first-order chi connectivity index (χ1) is 15.1. The summed E-state index contributed by atoms with van der Waals surface area (Å²) in [4.78, 5) is 20.8. The van der Waals surface area contributed by atoms with E-state index in [9.17, 15) is 4.79 Å². The van der Waals surface area contributed by atoms with Crippen LogP contribution in [0.2, 0.25) is 0 Å². The highest BCUT2D eigenvalue weighted by atomic mass is 32.2. The molecule has 1 aliphatic rings. The minimum Gasteiger partial charge on any atom is -0.352 e. The van der Waals surface area contributed by atoms with Gasteiger partial charge in [-0.3, -0.25) is 14.2 Å². The molecule has 2 atom stereocenters. The van der Waals surface area contributed by atoms with Gasteiger partial charge in [0.2, 0.25) is 0 Å². The number of hydrogen-bond acceptors (Lipinski definition) is 4. The van der Waals surface area contributed by atoms with Gasteiger partial charge in [0, 0.05) is 30.6 Å². The number of aromatic amines is 2. The first kappa shape index (κ1) is 20.0. The monoisotopic (exact) mass is 434 g/mol. The maximum atomic E-state index is 12.9. The molecule has 1 aliphatic heterocycles. The third-order valence-corrected chi connectivity index (χ3v) is 7.13. The molecule has 5 rings (SSSR count). The molecule has 0 aliphatic carbocycles. The Morgan fingerprint density at radius 3 is 3.00 bits per heavy atom. The number of fused-ring (bicyclic) bond motifs is 2. The number of carbonyl (C=O) groups is 1. The van der Waals surface area contributed by atoms with Gasteiger partial charge in [-0.1, -0.05) is 18.0 Å². The van der Waals surface area contributed by atoms with E-state index in [-0.39, 0.29) is 16.6 Å². The summed E-state index contributed by atoms with van der Waals surface area (Å²) in [5.41, 5.74) is 4.07. The number of benzene rings is 2. The Hall–Kier alpha value is -2.97. The topological polar surface area (TPSA) is 89.7 Å². The Labute approximate surface area is 183 Å². The van der Waals surface area contributed by atoms with Crippen molar-refractivity contribution in [2.75, 3.05) is 25.9 Å². The number of nitrogens with one attached hydrogen (secondary N) is 3. The average Bonchev–Trinajstić information content (AvgIpc) is 3.40. The normalized spacial score (nSPS) is 18.4. The summed E-state index contributed by atoms with van der Waals surface area (Å²) in [5.74, 6) is 5.27. The van der Waals surface area contributed by atoms with E-state index in [4.69, 9.17) is 0 Å². The second kappa shape index (κ2) is 8.28. The highest BCUT2D eigenvalue weighted by Gasteiger charge is 2.21. The molecule has 1 saturated heterocycles. The number of H-pyrrole nitrogens is 2. The van der Waals surface area contributed by atoms with Gasteiger partial charge in [0.25, 0.3) is 5.91 Å². The number of nitrogens with zero attached hydrogens (tertiary/aromatic N) is 3. The summed E-state index contributed by atoms with van der Waals surface area (Å²) < 4.78 is 2.41. The van der Waals surface area contributed by atoms with E-state index >= 15 is 0 Å². The van der Waals surface area contributed by atoms with E-state index < -0.39 is 0 Å². The van der Waals surface area contributed by atoms with Crippen LogP contribution in [0.4, 0.5) is 0 Å². The van der Waals surface area contributed by atoms with E-state index in [1.807, 2.05) is 42.5 Å². The molecular weight excluding hydrogens is 408 g/mol. The molecule has 160 valence electrons. The van der Waals surface area contributed by atoms with E-state index in [0.717, 1.165) is 47.9 Å². The molecule has 2 aromatic heterocycles. The second-order valence-corrected chi connectivity index (χ2v) is 9.86. The number of piperidine rings is 1. The van der Waals surface area contributed by atoms with Gasteiger partial charge in [-0.05, 0) is 55.3 Å². The number of para-hydroxylation sites is 2. The van der Waals surface area contributed by atoms with Gasteiger partial charge in [-0.15, -0.1) is 10.7 Å². The number of carbonyl (C=O) groups excluding carboxylic acids is 1. The van der Waals surface area contributed by atoms with Crippen molar-refractivity contribution >= 4 is 44.4 Å². The maximum Gasteiger partial charge on any atom is 0.251 e. The van der Waals surface area contributed by atoms with Crippen molar-refractivity contribution < 1.29 is 4.79 Å². The number of hydrogen-bond donors (Lipinski definition) is 3. The first-order valence-electron chi connectivity index (χ1n) is 10.5. The largest absolute Gasteiger partial charge is 0.352 e. The zero-order valence-electron chi connectivity index (χ0n) is 17.5. The Morgan fingerprint density at radius 1 is 1.29 bits per heavy atom. The fourth-order valence-electron chi connectivity index (χ4n) is 4.22. The summed E-state index contributed by atoms with van der Waals surface area (Å²) in [6, 6.07) is 13.5. The molecule has 2 aromatic carbocycles. The molecule has 1 fully saturated rings. The molecule has 0 saturated carbocycles. The molecule has 2 unspecified atom stereocenters. The Balaban J connectivity index is 1.35. The predicted octanol–water partition coefficient (Wildman–Crippen LogP) is 3.79. The molecule has 0 spiro atoms. The zero-order chi connectivity index (χ0) is 21.4. The second-order valence-electron chi connectivity index (χ2n) is 8.14. The molecule has 4 aromatic rings. The fraction of sp³-hybridized carbons (Fsp3) is 0.304. The van der Waals surface area contributed by atoms with Gasteiger partial charge < -0.3 is 10.3 Å². The van der Waals surface area contributed by atoms with E-state index in [2.05, 4.69) is 41.9 Å². The molecule has 3 heterocycles. The lowest BCUT2D eigenvalue weighted by Gasteiger charge is -2.33. The van der Waals surface area contributed by atoms with Crippen molar-refractivity contribution in [3.05, 3.63) is 48.0 Å². The molecule has 8 heteroatoms. The molecule has 7 nitrogen and oxygen atoms in total. The molecule has 0 bridgehead atoms. The summed E-state index contributed by atoms with van der Waals surface area (Å²) in [5, 5.41) is 11.5. The SMILES string of the molecule is C=S(C)N1CCCC(CNC(=O)c2ccc3[nH]nc(-c4nc5ccccc5[nH]4)c3c2)C1. The van der Waals surface area contributed by atoms with Crippen LogP contribution in [0.1, 0.15) is 23.2 Å². The quantitative estimate of drug-likeness (QED) is 0.417. The van der Waals surface area contributed by atoms with Crippen LogP contribution in [0.3, 0.4) is 0 Å². The van der Waals surface area contributed by atoms with Gasteiger partial charge >= 0.3 is 0 Å². The Morgan fingerprint density at radius 2 is 2.16 bits per heavy atom. The van der Waals surface area contributed by atoms with Crippen molar-refractivity contribution in [2.24, 2.45) is 5.92 Å². The summed E-state index contributed by atoms with van der Waals surface area (Å²) in [6.07, 6.45) is 4.46. The third-order valence-electron chi connectivity index (χ3n) is 5.91. The highest BCUT2D eigenvalue weighted by molar-refractivity contribution is 8.11. The number of amides is 1. The molecule has 31 heavy (non-hydrogen) atoms. The first-order valence-corrected chi connectivity index (χ1v) is 12.3. The van der Waals surface area contributed by atoms with E-state index in [1.54, 1.807) is 0 Å². The number of imidazole rings is 1. The van der Waals surface area contributed by atoms with Crippen LogP contribution in [-0.4, -0.2) is 62.1 Å². The summed E-state index contributed by atoms with van der Waals surface area (Å²) >= 11 is 0. The third kappa shape index (κ3) is 4.00. The van der Waals surface area contributed by atoms with Crippen LogP contribution in [0.15, 0.2) is 42.5 Å². The van der Waals surface area contributed by atoms with Crippen molar-refractivity contribution in [1.29, 1.82) is 0 Å². The summed E-state index contributed by atoms with van der Waals surface area (Å²) in [6.45, 7) is 2.79. The zero-order valence-corrected chi connectivity index (χ0v) is 18.3. The van der Waals surface area contributed by atoms with Crippen LogP contribution < -0.4 is 5.32 Å². The predicted molar refractivity (Wildman–Crippen MR) is 128 cm³/mol. The molecule has 0 radical (unpaired) electrons. The van der Waals surface area contributed by atoms with E-state index in [0.29, 0.717) is 29.5 Å². The number of aromatic nitrogens is 4. The van der Waals surface area contributed by atoms with Gasteiger partial charge in [0.15, 0.2) is 5.82 Å². The van der Waals surface area contributed by atoms with Gasteiger partial charge in [0.1, 0.15) is 5.69 Å². The smallest absolute Gasteiger partial charge is 0.251 e. The van der Waals surface area contributed by atoms with E-state index in [1.165, 1.54) is 0 Å². The maximum absolute atomic E-state index is 12.9. The van der Waals surface area contributed by atoms with Crippen LogP contribution in [0.5, 0.6) is 0 Å². The molecule has 3 N–H and O–H groups in total. The van der Waals surface area contributed by atoms with Gasteiger partial charge in [0.05, 0.1) is 16.6 Å². The van der Waals surface area contributed by atoms with Crippen LogP contribution in [0.25, 0.3) is 33.5 Å². The lowest BCUT2D eigenvalue weighted by atomic mass is 9.99. The van der Waals surface area contributed by atoms with Crippen molar-refractivity contribution in [2.45, 2.75) is 12.8 Å². The lowest BCUT2D eigenvalue weighted by molar-refractivity contribution is 0.0942. The standard InChI is InChI=1S/C23H26N6OS/c1-31(2)29-11-5-6-15(14-29)13-24-23(30)16-9-10-18-17(12-16)21(28-27-18)22-25-19-7-3-4-8-20(19)26-22/h3-4,7-10,12,15H,1,5-6,11,13-14H2,2H3,(H,24,30)(H,25,26)(H,27,28). The molecular formula is C23H26N6OS. The summed E-state index contributed by atoms with van der Waals surface area (Å²) in [7, 11) is 0.0402. The van der Waals surface area contributed by atoms with Crippen LogP contribution in [0, 0.1) is 5.92 Å². The van der Waals surface area contributed by atoms with Crippen LogP contribution in [-0.2, 0) is 0 Å². The number of rotatable bonds is 5. The van der Waals surface area contributed by atoms with Crippen molar-refractivity contribution in [1.82, 2.24) is 29.8 Å². The Bertz CT molecular complexity index is 1240. The van der Waals surface area contributed by atoms with Crippen molar-refractivity contribution in [3.63, 3.8) is 0 Å². The fourth-order valence-corrected chi connectivity index (χ4v) is 5.12. The Kier molecular flexibility index (Phi) is 5.33. The highest BCUT2D eigenvalue weighted by Crippen LogP contribution is 2.27. The lowest BCUT2D eigenvalue weighted by Crippen LogP contribution is -2.38.